The Hall–Kier alpha value is -2.98. The van der Waals surface area contributed by atoms with Gasteiger partial charge < -0.3 is 20.1 Å². The van der Waals surface area contributed by atoms with Crippen molar-refractivity contribution in [2.75, 3.05) is 19.9 Å². The SMILES string of the molecule is C[C@]1(c2ccc3c(c2)OCO3)NC(=O)N(CC(=O)NCC(F)(F)F)C1=O. The van der Waals surface area contributed by atoms with Crippen molar-refractivity contribution in [3.63, 3.8) is 0 Å². The van der Waals surface area contributed by atoms with Gasteiger partial charge in [-0.15, -0.1) is 0 Å². The zero-order valence-corrected chi connectivity index (χ0v) is 13.5. The number of nitrogens with one attached hydrogen (secondary N) is 2. The molecule has 0 unspecified atom stereocenters. The van der Waals surface area contributed by atoms with Crippen molar-refractivity contribution in [2.24, 2.45) is 0 Å². The number of carbonyl (C=O) groups excluding carboxylic acids is 3. The zero-order chi connectivity index (χ0) is 19.1. The normalized spacial score (nSPS) is 21.8. The van der Waals surface area contributed by atoms with E-state index in [-0.39, 0.29) is 6.79 Å². The van der Waals surface area contributed by atoms with Gasteiger partial charge in [0.1, 0.15) is 18.6 Å². The highest BCUT2D eigenvalue weighted by molar-refractivity contribution is 6.09. The lowest BCUT2D eigenvalue weighted by atomic mass is 9.91. The zero-order valence-electron chi connectivity index (χ0n) is 13.5. The molecule has 0 aromatic heterocycles. The van der Waals surface area contributed by atoms with Gasteiger partial charge in [-0.3, -0.25) is 14.5 Å². The molecule has 0 radical (unpaired) electrons. The topological polar surface area (TPSA) is 97.0 Å². The number of carbonyl (C=O) groups is 3. The number of hydrogen-bond donors (Lipinski definition) is 2. The molecule has 1 atom stereocenters. The van der Waals surface area contributed by atoms with Crippen molar-refractivity contribution < 1.29 is 37.0 Å². The fourth-order valence-electron chi connectivity index (χ4n) is 2.64. The average molecular weight is 373 g/mol. The van der Waals surface area contributed by atoms with Gasteiger partial charge in [-0.05, 0) is 24.6 Å². The standard InChI is InChI=1S/C15H14F3N3O5/c1-14(8-2-3-9-10(4-8)26-7-25-9)12(23)21(13(24)20-14)5-11(22)19-6-15(16,17)18/h2-4H,5-7H2,1H3,(H,19,22)(H,20,24)/t14-/m1/s1. The molecule has 0 aliphatic carbocycles. The van der Waals surface area contributed by atoms with E-state index < -0.39 is 42.7 Å². The summed E-state index contributed by atoms with van der Waals surface area (Å²) in [5.74, 6) is -0.978. The maximum absolute atomic E-state index is 12.6. The van der Waals surface area contributed by atoms with Crippen LogP contribution in [-0.4, -0.2) is 48.8 Å². The average Bonchev–Trinajstić information content (AvgIpc) is 3.11. The van der Waals surface area contributed by atoms with Gasteiger partial charge in [-0.2, -0.15) is 13.2 Å². The number of nitrogens with zero attached hydrogens (tertiary/aromatic N) is 1. The van der Waals surface area contributed by atoms with Crippen molar-refractivity contribution in [1.82, 2.24) is 15.5 Å². The van der Waals surface area contributed by atoms with Gasteiger partial charge in [-0.1, -0.05) is 6.07 Å². The van der Waals surface area contributed by atoms with Crippen LogP contribution in [0.2, 0.25) is 0 Å². The van der Waals surface area contributed by atoms with Gasteiger partial charge in [0.2, 0.25) is 12.7 Å². The molecule has 2 aliphatic heterocycles. The van der Waals surface area contributed by atoms with Crippen molar-refractivity contribution in [2.45, 2.75) is 18.6 Å². The number of urea groups is 1. The molecule has 140 valence electrons. The summed E-state index contributed by atoms with van der Waals surface area (Å²) in [5, 5.41) is 4.07. The Morgan fingerprint density at radius 3 is 2.69 bits per heavy atom. The predicted octanol–water partition coefficient (Wildman–Crippen LogP) is 0.861. The third kappa shape index (κ3) is 3.24. The van der Waals surface area contributed by atoms with Crippen molar-refractivity contribution in [3.8, 4) is 11.5 Å². The van der Waals surface area contributed by atoms with Gasteiger partial charge in [0.05, 0.1) is 0 Å². The van der Waals surface area contributed by atoms with E-state index in [4.69, 9.17) is 9.47 Å². The molecule has 2 aliphatic rings. The number of rotatable bonds is 4. The van der Waals surface area contributed by atoms with Crippen LogP contribution in [0.1, 0.15) is 12.5 Å². The van der Waals surface area contributed by atoms with Crippen LogP contribution in [0.15, 0.2) is 18.2 Å². The molecular weight excluding hydrogens is 359 g/mol. The van der Waals surface area contributed by atoms with E-state index in [2.05, 4.69) is 5.32 Å². The second kappa shape index (κ2) is 6.07. The Balaban J connectivity index is 1.74. The molecule has 1 saturated heterocycles. The van der Waals surface area contributed by atoms with Gasteiger partial charge in [-0.25, -0.2) is 4.79 Å². The third-order valence-electron chi connectivity index (χ3n) is 4.01. The van der Waals surface area contributed by atoms with Crippen LogP contribution in [0.4, 0.5) is 18.0 Å². The number of fused-ring (bicyclic) bond motifs is 1. The fourth-order valence-corrected chi connectivity index (χ4v) is 2.64. The second-order valence-corrected chi connectivity index (χ2v) is 5.91. The van der Waals surface area contributed by atoms with Gasteiger partial charge in [0, 0.05) is 0 Å². The maximum Gasteiger partial charge on any atom is 0.405 e. The van der Waals surface area contributed by atoms with E-state index in [9.17, 15) is 27.6 Å². The molecule has 0 spiro atoms. The van der Waals surface area contributed by atoms with Crippen LogP contribution in [0.5, 0.6) is 11.5 Å². The molecule has 1 aromatic rings. The number of amides is 4. The van der Waals surface area contributed by atoms with E-state index in [1.807, 2.05) is 0 Å². The van der Waals surface area contributed by atoms with Crippen LogP contribution in [0.3, 0.4) is 0 Å². The number of imide groups is 1. The van der Waals surface area contributed by atoms with Gasteiger partial charge in [0.25, 0.3) is 5.91 Å². The number of hydrogen-bond acceptors (Lipinski definition) is 5. The minimum atomic E-state index is -4.59. The Labute approximate surface area is 145 Å². The van der Waals surface area contributed by atoms with Crippen LogP contribution >= 0.6 is 0 Å². The first kappa shape index (κ1) is 17.8. The first-order chi connectivity index (χ1) is 12.1. The minimum Gasteiger partial charge on any atom is -0.454 e. The molecule has 2 N–H and O–H groups in total. The van der Waals surface area contributed by atoms with E-state index in [0.29, 0.717) is 22.0 Å². The summed E-state index contributed by atoms with van der Waals surface area (Å²) >= 11 is 0. The van der Waals surface area contributed by atoms with Crippen molar-refractivity contribution in [1.29, 1.82) is 0 Å². The summed E-state index contributed by atoms with van der Waals surface area (Å²) in [5.41, 5.74) is -1.10. The first-order valence-electron chi connectivity index (χ1n) is 7.48. The lowest BCUT2D eigenvalue weighted by Crippen LogP contribution is -2.44. The smallest absolute Gasteiger partial charge is 0.405 e. The molecule has 2 heterocycles. The largest absolute Gasteiger partial charge is 0.454 e. The summed E-state index contributed by atoms with van der Waals surface area (Å²) in [6, 6.07) is 3.77. The highest BCUT2D eigenvalue weighted by Crippen LogP contribution is 2.37. The highest BCUT2D eigenvalue weighted by atomic mass is 19.4. The predicted molar refractivity (Wildman–Crippen MR) is 79.2 cm³/mol. The number of alkyl halides is 3. The maximum atomic E-state index is 12.6. The molecular formula is C15H14F3N3O5. The van der Waals surface area contributed by atoms with Crippen LogP contribution in [-0.2, 0) is 15.1 Å². The quantitative estimate of drug-likeness (QED) is 0.763. The Morgan fingerprint density at radius 2 is 2.00 bits per heavy atom. The Morgan fingerprint density at radius 1 is 1.31 bits per heavy atom. The summed E-state index contributed by atoms with van der Waals surface area (Å²) < 4.78 is 46.8. The summed E-state index contributed by atoms with van der Waals surface area (Å²) in [4.78, 5) is 36.9. The molecule has 1 fully saturated rings. The van der Waals surface area contributed by atoms with Crippen molar-refractivity contribution >= 4 is 17.8 Å². The van der Waals surface area contributed by atoms with Crippen LogP contribution in [0.25, 0.3) is 0 Å². The fraction of sp³-hybridized carbons (Fsp3) is 0.400. The van der Waals surface area contributed by atoms with E-state index in [1.165, 1.54) is 13.0 Å². The number of ether oxygens (including phenoxy) is 2. The summed E-state index contributed by atoms with van der Waals surface area (Å²) in [6.45, 7) is -0.907. The Kier molecular flexibility index (Phi) is 4.17. The monoisotopic (exact) mass is 373 g/mol. The highest BCUT2D eigenvalue weighted by Gasteiger charge is 2.50. The van der Waals surface area contributed by atoms with Crippen LogP contribution < -0.4 is 20.1 Å². The molecule has 11 heteroatoms. The number of benzene rings is 1. The third-order valence-corrected chi connectivity index (χ3v) is 4.01. The molecule has 0 saturated carbocycles. The summed E-state index contributed by atoms with van der Waals surface area (Å²) in [6.07, 6.45) is -4.59. The molecule has 26 heavy (non-hydrogen) atoms. The van der Waals surface area contributed by atoms with Crippen molar-refractivity contribution in [3.05, 3.63) is 23.8 Å². The summed E-state index contributed by atoms with van der Waals surface area (Å²) in [7, 11) is 0. The second-order valence-electron chi connectivity index (χ2n) is 5.91. The molecule has 4 amide bonds. The molecule has 0 bridgehead atoms. The number of halogens is 3. The molecule has 1 aromatic carbocycles. The minimum absolute atomic E-state index is 0.0291. The van der Waals surface area contributed by atoms with E-state index >= 15 is 0 Å². The van der Waals surface area contributed by atoms with E-state index in [0.717, 1.165) is 0 Å². The van der Waals surface area contributed by atoms with Crippen LogP contribution in [0, 0.1) is 0 Å². The lowest BCUT2D eigenvalue weighted by molar-refractivity contribution is -0.141. The Bertz CT molecular complexity index is 782. The first-order valence-corrected chi connectivity index (χ1v) is 7.48. The lowest BCUT2D eigenvalue weighted by Gasteiger charge is -2.22. The van der Waals surface area contributed by atoms with Gasteiger partial charge >= 0.3 is 12.2 Å². The molecule has 3 rings (SSSR count). The molecule has 8 nitrogen and oxygen atoms in total. The van der Waals surface area contributed by atoms with E-state index in [1.54, 1.807) is 17.4 Å². The van der Waals surface area contributed by atoms with Gasteiger partial charge in [0.15, 0.2) is 11.5 Å².